The van der Waals surface area contributed by atoms with Crippen molar-refractivity contribution in [2.75, 3.05) is 50.0 Å². The lowest BCUT2D eigenvalue weighted by atomic mass is 10.3. The van der Waals surface area contributed by atoms with E-state index in [1.165, 1.54) is 0 Å². The number of nitrogens with one attached hydrogen (secondary N) is 2. The third kappa shape index (κ3) is 5.71. The SMILES string of the molecule is Cc1cc(Nc2cc(Cl)cc(Cl)c2)nc(NCCN2CCOCC2)n1. The molecule has 0 unspecified atom stereocenters. The Kier molecular flexibility index (Phi) is 6.31. The summed E-state index contributed by atoms with van der Waals surface area (Å²) in [5.41, 5.74) is 1.66. The number of hydrogen-bond donors (Lipinski definition) is 2. The summed E-state index contributed by atoms with van der Waals surface area (Å²) in [6, 6.07) is 7.17. The van der Waals surface area contributed by atoms with Gasteiger partial charge in [0.2, 0.25) is 5.95 Å². The number of benzene rings is 1. The second kappa shape index (κ2) is 8.67. The molecule has 0 spiro atoms. The molecule has 1 aromatic heterocycles. The lowest BCUT2D eigenvalue weighted by molar-refractivity contribution is 0.0398. The zero-order chi connectivity index (χ0) is 17.6. The number of aromatic nitrogens is 2. The highest BCUT2D eigenvalue weighted by Gasteiger charge is 2.10. The fourth-order valence-electron chi connectivity index (χ4n) is 2.64. The summed E-state index contributed by atoms with van der Waals surface area (Å²) in [6.45, 7) is 7.20. The van der Waals surface area contributed by atoms with Gasteiger partial charge in [-0.3, -0.25) is 4.90 Å². The molecular weight excluding hydrogens is 361 g/mol. The largest absolute Gasteiger partial charge is 0.379 e. The van der Waals surface area contributed by atoms with Gasteiger partial charge in [-0.1, -0.05) is 23.2 Å². The molecule has 25 heavy (non-hydrogen) atoms. The van der Waals surface area contributed by atoms with Gasteiger partial charge in [0, 0.05) is 53.7 Å². The Morgan fingerprint density at radius 2 is 1.80 bits per heavy atom. The van der Waals surface area contributed by atoms with Crippen LogP contribution in [0.1, 0.15) is 5.69 Å². The van der Waals surface area contributed by atoms with Gasteiger partial charge in [-0.05, 0) is 25.1 Å². The Labute approximate surface area is 157 Å². The Morgan fingerprint density at radius 3 is 2.52 bits per heavy atom. The molecule has 134 valence electrons. The van der Waals surface area contributed by atoms with Crippen molar-refractivity contribution in [3.63, 3.8) is 0 Å². The molecule has 6 nitrogen and oxygen atoms in total. The number of morpholine rings is 1. The minimum Gasteiger partial charge on any atom is -0.379 e. The summed E-state index contributed by atoms with van der Waals surface area (Å²) in [6.07, 6.45) is 0. The number of anilines is 3. The summed E-state index contributed by atoms with van der Waals surface area (Å²) in [7, 11) is 0. The first-order valence-corrected chi connectivity index (χ1v) is 8.97. The van der Waals surface area contributed by atoms with E-state index in [-0.39, 0.29) is 0 Å². The maximum Gasteiger partial charge on any atom is 0.224 e. The second-order valence-electron chi connectivity index (χ2n) is 5.88. The number of nitrogens with zero attached hydrogens (tertiary/aromatic N) is 3. The molecule has 2 heterocycles. The van der Waals surface area contributed by atoms with Crippen LogP contribution in [0, 0.1) is 6.92 Å². The van der Waals surface area contributed by atoms with Crippen molar-refractivity contribution in [1.82, 2.24) is 14.9 Å². The van der Waals surface area contributed by atoms with Crippen LogP contribution in [0.15, 0.2) is 24.3 Å². The van der Waals surface area contributed by atoms with E-state index < -0.39 is 0 Å². The number of aryl methyl sites for hydroxylation is 1. The third-order valence-corrected chi connectivity index (χ3v) is 4.24. The molecule has 1 aliphatic rings. The van der Waals surface area contributed by atoms with Crippen LogP contribution in [-0.2, 0) is 4.74 Å². The molecule has 0 bridgehead atoms. The number of halogens is 2. The van der Waals surface area contributed by atoms with E-state index in [0.29, 0.717) is 21.8 Å². The maximum atomic E-state index is 6.04. The predicted molar refractivity (Wildman–Crippen MR) is 102 cm³/mol. The molecule has 0 amide bonds. The normalized spacial score (nSPS) is 15.2. The minimum atomic E-state index is 0.574. The van der Waals surface area contributed by atoms with Crippen LogP contribution in [-0.4, -0.2) is 54.3 Å². The first-order valence-electron chi connectivity index (χ1n) is 8.21. The van der Waals surface area contributed by atoms with Gasteiger partial charge in [-0.25, -0.2) is 4.98 Å². The Bertz CT molecular complexity index is 702. The van der Waals surface area contributed by atoms with Gasteiger partial charge in [0.1, 0.15) is 5.82 Å². The predicted octanol–water partition coefficient (Wildman–Crippen LogP) is 3.58. The van der Waals surface area contributed by atoms with Gasteiger partial charge < -0.3 is 15.4 Å². The summed E-state index contributed by atoms with van der Waals surface area (Å²) in [5, 5.41) is 7.65. The van der Waals surface area contributed by atoms with E-state index >= 15 is 0 Å². The fourth-order valence-corrected chi connectivity index (χ4v) is 3.16. The highest BCUT2D eigenvalue weighted by atomic mass is 35.5. The maximum absolute atomic E-state index is 6.04. The summed E-state index contributed by atoms with van der Waals surface area (Å²) < 4.78 is 5.36. The zero-order valence-corrected chi connectivity index (χ0v) is 15.6. The monoisotopic (exact) mass is 381 g/mol. The fraction of sp³-hybridized carbons (Fsp3) is 0.412. The summed E-state index contributed by atoms with van der Waals surface area (Å²) >= 11 is 12.1. The quantitative estimate of drug-likeness (QED) is 0.797. The highest BCUT2D eigenvalue weighted by Crippen LogP contribution is 2.25. The van der Waals surface area contributed by atoms with Gasteiger partial charge in [0.05, 0.1) is 13.2 Å². The van der Waals surface area contributed by atoms with E-state index in [4.69, 9.17) is 27.9 Å². The van der Waals surface area contributed by atoms with Gasteiger partial charge in [0.15, 0.2) is 0 Å². The van der Waals surface area contributed by atoms with Crippen molar-refractivity contribution in [3.05, 3.63) is 40.0 Å². The third-order valence-electron chi connectivity index (χ3n) is 3.80. The molecule has 2 aromatic rings. The zero-order valence-electron chi connectivity index (χ0n) is 14.1. The van der Waals surface area contributed by atoms with Gasteiger partial charge in [0.25, 0.3) is 0 Å². The van der Waals surface area contributed by atoms with Crippen molar-refractivity contribution in [2.24, 2.45) is 0 Å². The Hall–Kier alpha value is -1.60. The van der Waals surface area contributed by atoms with Crippen LogP contribution in [0.4, 0.5) is 17.5 Å². The van der Waals surface area contributed by atoms with Crippen molar-refractivity contribution in [3.8, 4) is 0 Å². The van der Waals surface area contributed by atoms with Crippen LogP contribution in [0.25, 0.3) is 0 Å². The topological polar surface area (TPSA) is 62.3 Å². The van der Waals surface area contributed by atoms with Gasteiger partial charge in [-0.2, -0.15) is 4.98 Å². The van der Waals surface area contributed by atoms with E-state index in [1.54, 1.807) is 18.2 Å². The molecule has 3 rings (SSSR count). The number of rotatable bonds is 6. The number of ether oxygens (including phenoxy) is 1. The molecule has 0 atom stereocenters. The molecule has 1 aromatic carbocycles. The van der Waals surface area contributed by atoms with E-state index in [1.807, 2.05) is 13.0 Å². The van der Waals surface area contributed by atoms with E-state index in [0.717, 1.165) is 50.8 Å². The molecule has 8 heteroatoms. The summed E-state index contributed by atoms with van der Waals surface area (Å²) in [5.74, 6) is 1.29. The van der Waals surface area contributed by atoms with E-state index in [9.17, 15) is 0 Å². The molecule has 0 saturated carbocycles. The Balaban J connectivity index is 1.61. The average molecular weight is 382 g/mol. The van der Waals surface area contributed by atoms with E-state index in [2.05, 4.69) is 25.5 Å². The molecule has 0 aliphatic carbocycles. The van der Waals surface area contributed by atoms with Crippen molar-refractivity contribution in [1.29, 1.82) is 0 Å². The van der Waals surface area contributed by atoms with Crippen molar-refractivity contribution < 1.29 is 4.74 Å². The number of hydrogen-bond acceptors (Lipinski definition) is 6. The lowest BCUT2D eigenvalue weighted by Gasteiger charge is -2.26. The van der Waals surface area contributed by atoms with Gasteiger partial charge in [-0.15, -0.1) is 0 Å². The second-order valence-corrected chi connectivity index (χ2v) is 6.75. The molecule has 1 saturated heterocycles. The first-order chi connectivity index (χ1) is 12.1. The van der Waals surface area contributed by atoms with Crippen molar-refractivity contribution in [2.45, 2.75) is 6.92 Å². The van der Waals surface area contributed by atoms with Crippen LogP contribution in [0.5, 0.6) is 0 Å². The molecular formula is C17H21Cl2N5O. The minimum absolute atomic E-state index is 0.574. The molecule has 0 radical (unpaired) electrons. The van der Waals surface area contributed by atoms with Crippen LogP contribution < -0.4 is 10.6 Å². The first kappa shape index (κ1) is 18.2. The molecule has 1 fully saturated rings. The Morgan fingerprint density at radius 1 is 1.08 bits per heavy atom. The van der Waals surface area contributed by atoms with Crippen LogP contribution >= 0.6 is 23.2 Å². The van der Waals surface area contributed by atoms with Crippen LogP contribution in [0.3, 0.4) is 0 Å². The molecule has 2 N–H and O–H groups in total. The van der Waals surface area contributed by atoms with Crippen LogP contribution in [0.2, 0.25) is 10.0 Å². The van der Waals surface area contributed by atoms with Crippen molar-refractivity contribution >= 4 is 40.7 Å². The van der Waals surface area contributed by atoms with Gasteiger partial charge >= 0.3 is 0 Å². The standard InChI is InChI=1S/C17H21Cl2N5O/c1-12-8-16(22-15-10-13(18)9-14(19)11-15)23-17(21-12)20-2-3-24-4-6-25-7-5-24/h8-11H,2-7H2,1H3,(H2,20,21,22,23). The lowest BCUT2D eigenvalue weighted by Crippen LogP contribution is -2.39. The smallest absolute Gasteiger partial charge is 0.224 e. The molecule has 1 aliphatic heterocycles. The highest BCUT2D eigenvalue weighted by molar-refractivity contribution is 6.35. The average Bonchev–Trinajstić information content (AvgIpc) is 2.54. The summed E-state index contributed by atoms with van der Waals surface area (Å²) in [4.78, 5) is 11.3.